The van der Waals surface area contributed by atoms with E-state index in [-0.39, 0.29) is 18.5 Å². The van der Waals surface area contributed by atoms with Gasteiger partial charge in [-0.3, -0.25) is 9.48 Å². The molecule has 106 valence electrons. The zero-order chi connectivity index (χ0) is 14.0. The van der Waals surface area contributed by atoms with Crippen molar-refractivity contribution in [2.24, 2.45) is 0 Å². The molecular weight excluding hydrogens is 244 g/mol. The molecule has 0 aliphatic carbocycles. The predicted molar refractivity (Wildman–Crippen MR) is 72.7 cm³/mol. The quantitative estimate of drug-likeness (QED) is 0.875. The normalized spacial score (nSPS) is 16.6. The summed E-state index contributed by atoms with van der Waals surface area (Å²) in [6, 6.07) is 0.274. The maximum Gasteiger partial charge on any atom is 0.244 e. The number of hydrogen-bond donors (Lipinski definition) is 1. The van der Waals surface area contributed by atoms with Gasteiger partial charge < -0.3 is 15.4 Å². The summed E-state index contributed by atoms with van der Waals surface area (Å²) in [5, 5.41) is 4.30. The summed E-state index contributed by atoms with van der Waals surface area (Å²) in [6.45, 7) is 5.45. The number of aromatic nitrogens is 2. The summed E-state index contributed by atoms with van der Waals surface area (Å²) in [5.41, 5.74) is 8.17. The number of aryl methyl sites for hydroxylation is 1. The Kier molecular flexibility index (Phi) is 4.09. The predicted octanol–water partition coefficient (Wildman–Crippen LogP) is 0.720. The highest BCUT2D eigenvalue weighted by molar-refractivity contribution is 5.76. The molecule has 0 atom stereocenters. The average Bonchev–Trinajstić information content (AvgIpc) is 2.66. The lowest BCUT2D eigenvalue weighted by atomic mass is 10.1. The Bertz CT molecular complexity index is 463. The molecule has 0 saturated carbocycles. The van der Waals surface area contributed by atoms with E-state index in [0.29, 0.717) is 5.69 Å². The average molecular weight is 266 g/mol. The molecule has 1 saturated heterocycles. The summed E-state index contributed by atoms with van der Waals surface area (Å²) >= 11 is 0. The maximum absolute atomic E-state index is 12.3. The van der Waals surface area contributed by atoms with E-state index in [0.717, 1.165) is 37.4 Å². The van der Waals surface area contributed by atoms with E-state index < -0.39 is 0 Å². The van der Waals surface area contributed by atoms with Crippen LogP contribution in [0.5, 0.6) is 0 Å². The first-order chi connectivity index (χ1) is 9.00. The van der Waals surface area contributed by atoms with Crippen LogP contribution in [0, 0.1) is 13.8 Å². The Morgan fingerprint density at radius 3 is 2.63 bits per heavy atom. The molecule has 1 aromatic rings. The Morgan fingerprint density at radius 2 is 2.11 bits per heavy atom. The first kappa shape index (κ1) is 13.9. The number of nitrogens with zero attached hydrogens (tertiary/aromatic N) is 3. The van der Waals surface area contributed by atoms with Crippen molar-refractivity contribution in [2.45, 2.75) is 39.3 Å². The van der Waals surface area contributed by atoms with Gasteiger partial charge in [-0.1, -0.05) is 0 Å². The molecule has 1 aromatic heterocycles. The van der Waals surface area contributed by atoms with Gasteiger partial charge in [-0.05, 0) is 26.7 Å². The van der Waals surface area contributed by atoms with E-state index in [4.69, 9.17) is 10.5 Å². The van der Waals surface area contributed by atoms with Crippen LogP contribution in [-0.2, 0) is 16.1 Å². The molecule has 2 rings (SSSR count). The van der Waals surface area contributed by atoms with Gasteiger partial charge in [0.2, 0.25) is 5.91 Å². The fourth-order valence-electron chi connectivity index (χ4n) is 2.38. The maximum atomic E-state index is 12.3. The lowest BCUT2D eigenvalue weighted by molar-refractivity contribution is -0.134. The molecule has 0 radical (unpaired) electrons. The lowest BCUT2D eigenvalue weighted by Gasteiger charge is -2.31. The zero-order valence-corrected chi connectivity index (χ0v) is 11.8. The second-order valence-electron chi connectivity index (χ2n) is 5.09. The first-order valence-electron chi connectivity index (χ1n) is 6.63. The van der Waals surface area contributed by atoms with Gasteiger partial charge in [0.1, 0.15) is 6.54 Å². The zero-order valence-electron chi connectivity index (χ0n) is 11.8. The van der Waals surface area contributed by atoms with Crippen LogP contribution in [0.25, 0.3) is 0 Å². The van der Waals surface area contributed by atoms with Gasteiger partial charge in [0.25, 0.3) is 0 Å². The van der Waals surface area contributed by atoms with E-state index in [9.17, 15) is 4.79 Å². The number of rotatable bonds is 3. The lowest BCUT2D eigenvalue weighted by Crippen LogP contribution is -2.42. The smallest absolute Gasteiger partial charge is 0.244 e. The monoisotopic (exact) mass is 266 g/mol. The van der Waals surface area contributed by atoms with Crippen LogP contribution in [0.15, 0.2) is 0 Å². The molecule has 19 heavy (non-hydrogen) atoms. The standard InChI is InChI=1S/C13H22N4O2/c1-9-13(14)10(2)17(15-9)8-12(18)16(3)11-4-6-19-7-5-11/h11H,4-8,14H2,1-3H3. The summed E-state index contributed by atoms with van der Waals surface area (Å²) in [6.07, 6.45) is 1.81. The van der Waals surface area contributed by atoms with Crippen molar-refractivity contribution in [3.8, 4) is 0 Å². The van der Waals surface area contributed by atoms with Gasteiger partial charge >= 0.3 is 0 Å². The highest BCUT2D eigenvalue weighted by atomic mass is 16.5. The third kappa shape index (κ3) is 2.89. The second-order valence-corrected chi connectivity index (χ2v) is 5.09. The Hall–Kier alpha value is -1.56. The van der Waals surface area contributed by atoms with Crippen molar-refractivity contribution in [1.82, 2.24) is 14.7 Å². The molecule has 0 bridgehead atoms. The van der Waals surface area contributed by atoms with Crippen LogP contribution in [0.1, 0.15) is 24.2 Å². The van der Waals surface area contributed by atoms with Gasteiger partial charge in [0, 0.05) is 26.3 Å². The fraction of sp³-hybridized carbons (Fsp3) is 0.692. The third-order valence-electron chi connectivity index (χ3n) is 3.85. The molecule has 6 nitrogen and oxygen atoms in total. The summed E-state index contributed by atoms with van der Waals surface area (Å²) in [4.78, 5) is 14.1. The minimum absolute atomic E-state index is 0.0671. The minimum Gasteiger partial charge on any atom is -0.396 e. The van der Waals surface area contributed by atoms with Gasteiger partial charge in [-0.15, -0.1) is 0 Å². The van der Waals surface area contributed by atoms with Crippen molar-refractivity contribution in [1.29, 1.82) is 0 Å². The molecule has 1 aliphatic heterocycles. The molecule has 1 amide bonds. The molecule has 2 N–H and O–H groups in total. The van der Waals surface area contributed by atoms with E-state index >= 15 is 0 Å². The van der Waals surface area contributed by atoms with Crippen molar-refractivity contribution in [2.75, 3.05) is 26.0 Å². The van der Waals surface area contributed by atoms with Crippen molar-refractivity contribution in [3.05, 3.63) is 11.4 Å². The topological polar surface area (TPSA) is 73.4 Å². The minimum atomic E-state index is 0.0671. The van der Waals surface area contributed by atoms with E-state index in [2.05, 4.69) is 5.10 Å². The Morgan fingerprint density at radius 1 is 1.47 bits per heavy atom. The number of nitrogens with two attached hydrogens (primary N) is 1. The number of carbonyl (C=O) groups excluding carboxylic acids is 1. The molecular formula is C13H22N4O2. The summed E-state index contributed by atoms with van der Waals surface area (Å²) in [5.74, 6) is 0.0671. The molecule has 1 aliphatic rings. The number of hydrogen-bond acceptors (Lipinski definition) is 4. The number of amides is 1. The SMILES string of the molecule is Cc1nn(CC(=O)N(C)C2CCOCC2)c(C)c1N. The molecule has 0 spiro atoms. The fourth-order valence-corrected chi connectivity index (χ4v) is 2.38. The van der Waals surface area contributed by atoms with Crippen LogP contribution in [0.4, 0.5) is 5.69 Å². The summed E-state index contributed by atoms with van der Waals surface area (Å²) in [7, 11) is 1.85. The van der Waals surface area contributed by atoms with Crippen LogP contribution in [0.3, 0.4) is 0 Å². The van der Waals surface area contributed by atoms with E-state index in [1.807, 2.05) is 25.8 Å². The molecule has 6 heteroatoms. The molecule has 0 aromatic carbocycles. The van der Waals surface area contributed by atoms with Crippen molar-refractivity contribution in [3.63, 3.8) is 0 Å². The van der Waals surface area contributed by atoms with Crippen molar-refractivity contribution >= 4 is 11.6 Å². The largest absolute Gasteiger partial charge is 0.396 e. The van der Waals surface area contributed by atoms with Crippen LogP contribution < -0.4 is 5.73 Å². The van der Waals surface area contributed by atoms with Crippen LogP contribution in [-0.4, -0.2) is 46.9 Å². The number of likely N-dealkylation sites (N-methyl/N-ethyl adjacent to an activating group) is 1. The highest BCUT2D eigenvalue weighted by Crippen LogP contribution is 2.16. The van der Waals surface area contributed by atoms with Gasteiger partial charge in [0.15, 0.2) is 0 Å². The first-order valence-corrected chi connectivity index (χ1v) is 6.63. The van der Waals surface area contributed by atoms with E-state index in [1.165, 1.54) is 0 Å². The van der Waals surface area contributed by atoms with Gasteiger partial charge in [-0.25, -0.2) is 0 Å². The molecule has 0 unspecified atom stereocenters. The Labute approximate surface area is 113 Å². The van der Waals surface area contributed by atoms with Gasteiger partial charge in [-0.2, -0.15) is 5.10 Å². The molecule has 1 fully saturated rings. The summed E-state index contributed by atoms with van der Waals surface area (Å²) < 4.78 is 7.00. The van der Waals surface area contributed by atoms with Crippen molar-refractivity contribution < 1.29 is 9.53 Å². The number of carbonyl (C=O) groups is 1. The van der Waals surface area contributed by atoms with Gasteiger partial charge in [0.05, 0.1) is 17.1 Å². The Balaban J connectivity index is 2.01. The molecule has 2 heterocycles. The highest BCUT2D eigenvalue weighted by Gasteiger charge is 2.23. The van der Waals surface area contributed by atoms with Crippen LogP contribution >= 0.6 is 0 Å². The number of anilines is 1. The second kappa shape index (κ2) is 5.61. The number of ether oxygens (including phenoxy) is 1. The third-order valence-corrected chi connectivity index (χ3v) is 3.85. The van der Waals surface area contributed by atoms with E-state index in [1.54, 1.807) is 4.68 Å². The number of nitrogen functional groups attached to an aromatic ring is 1. The van der Waals surface area contributed by atoms with Crippen LogP contribution in [0.2, 0.25) is 0 Å².